The fourth-order valence-corrected chi connectivity index (χ4v) is 14.5. The largest absolute Gasteiger partial charge is 0.508 e. The van der Waals surface area contributed by atoms with Crippen molar-refractivity contribution in [2.75, 3.05) is 6.54 Å². The molecule has 0 saturated heterocycles. The van der Waals surface area contributed by atoms with Crippen LogP contribution in [0.25, 0.3) is 22.4 Å². The summed E-state index contributed by atoms with van der Waals surface area (Å²) in [4.78, 5) is 17.5. The van der Waals surface area contributed by atoms with Crippen LogP contribution in [0.3, 0.4) is 0 Å². The molecule has 73 heavy (non-hydrogen) atoms. The Morgan fingerprint density at radius 3 is 2.33 bits per heavy atom. The monoisotopic (exact) mass is 994 g/mol. The van der Waals surface area contributed by atoms with Crippen LogP contribution in [-0.4, -0.2) is 65.9 Å². The molecule has 0 amide bonds. The van der Waals surface area contributed by atoms with Crippen molar-refractivity contribution in [1.29, 1.82) is 0 Å². The zero-order valence-electron chi connectivity index (χ0n) is 43.6. The zero-order chi connectivity index (χ0) is 51.4. The van der Waals surface area contributed by atoms with Gasteiger partial charge in [-0.05, 0) is 153 Å². The van der Waals surface area contributed by atoms with Gasteiger partial charge in [-0.3, -0.25) is 4.79 Å². The van der Waals surface area contributed by atoms with Crippen LogP contribution in [-0.2, 0) is 11.2 Å². The van der Waals surface area contributed by atoms with Crippen LogP contribution in [0.4, 0.5) is 0 Å². The number of aromatic hydroxyl groups is 2. The number of H-pyrrole nitrogens is 1. The number of aliphatic hydroxyl groups is 3. The summed E-state index contributed by atoms with van der Waals surface area (Å²) in [6.07, 6.45) is 20.7. The first-order valence-electron chi connectivity index (χ1n) is 28.0. The quantitative estimate of drug-likeness (QED) is 0.0345. The molecule has 3 saturated carbocycles. The van der Waals surface area contributed by atoms with Crippen molar-refractivity contribution < 1.29 is 35.4 Å². The number of benzene rings is 3. The molecular weight excluding hydrogens is 911 g/mol. The first-order valence-corrected chi connectivity index (χ1v) is 28.0. The van der Waals surface area contributed by atoms with Crippen molar-refractivity contribution in [2.24, 2.45) is 53.1 Å². The second-order valence-electron chi connectivity index (χ2n) is 23.3. The first kappa shape index (κ1) is 52.6. The minimum absolute atomic E-state index is 0.00413. The highest BCUT2D eigenvalue weighted by molar-refractivity contribution is 5.85. The van der Waals surface area contributed by atoms with Gasteiger partial charge >= 0.3 is 5.97 Å². The molecule has 9 rings (SSSR count). The molecule has 1 aliphatic heterocycles. The zero-order valence-corrected chi connectivity index (χ0v) is 43.6. The maximum absolute atomic E-state index is 13.6. The van der Waals surface area contributed by atoms with E-state index in [2.05, 4.69) is 91.8 Å². The van der Waals surface area contributed by atoms with E-state index in [4.69, 9.17) is 5.73 Å². The number of fused-ring (bicyclic) bond motifs is 1. The molecule has 2 heterocycles. The van der Waals surface area contributed by atoms with Crippen LogP contribution in [0.1, 0.15) is 158 Å². The number of hydrogen-bond donors (Lipinski definition) is 9. The highest BCUT2D eigenvalue weighted by Gasteiger charge is 2.60. The summed E-state index contributed by atoms with van der Waals surface area (Å²) in [5.74, 6) is -1.49. The molecule has 1 aromatic heterocycles. The Bertz CT molecular complexity index is 2600. The van der Waals surface area contributed by atoms with E-state index in [1.807, 2.05) is 24.3 Å². The Morgan fingerprint density at radius 1 is 0.836 bits per heavy atom. The van der Waals surface area contributed by atoms with Gasteiger partial charge in [-0.2, -0.15) is 0 Å². The SMILES string of the molecule is CCCCC[C@@H]1C=C[C@@H](CCCC[C@H]2CC[C@@H](c3cc(-c4ccccc4)c(-c4cc(O)cc(O)c4Cc4ccc(C(C)C)cc4)[nH]3)[C@@H]3C[C@@H](CC4=CCNC(N)=C4)[C@H]4CC[C@H](C[C@]43O)[C@H](O)[C@@H]2C(=O)O)[C@H](O)C1. The minimum Gasteiger partial charge on any atom is -0.508 e. The van der Waals surface area contributed by atoms with Gasteiger partial charge in [0.05, 0.1) is 35.2 Å². The number of allylic oxidation sites excluding steroid dienone is 3. The Kier molecular flexibility index (Phi) is 16.6. The number of carboxylic acids is 1. The van der Waals surface area contributed by atoms with Gasteiger partial charge in [-0.15, -0.1) is 0 Å². The number of aromatic nitrogens is 1. The summed E-state index contributed by atoms with van der Waals surface area (Å²) < 4.78 is 0. The summed E-state index contributed by atoms with van der Waals surface area (Å²) in [6.45, 7) is 7.21. The summed E-state index contributed by atoms with van der Waals surface area (Å²) in [6, 6.07) is 24.0. The van der Waals surface area contributed by atoms with Crippen LogP contribution in [0.2, 0.25) is 0 Å². The van der Waals surface area contributed by atoms with E-state index in [0.29, 0.717) is 80.3 Å². The summed E-state index contributed by atoms with van der Waals surface area (Å²) >= 11 is 0. The van der Waals surface area contributed by atoms with Crippen LogP contribution in [0.15, 0.2) is 108 Å². The van der Waals surface area contributed by atoms with E-state index >= 15 is 0 Å². The van der Waals surface area contributed by atoms with Gasteiger partial charge in [0.15, 0.2) is 0 Å². The molecule has 10 N–H and O–H groups in total. The molecule has 0 spiro atoms. The second-order valence-corrected chi connectivity index (χ2v) is 23.3. The molecule has 12 atom stereocenters. The van der Waals surface area contributed by atoms with Crippen LogP contribution in [0.5, 0.6) is 11.5 Å². The first-order chi connectivity index (χ1) is 35.2. The molecule has 10 nitrogen and oxygen atoms in total. The van der Waals surface area contributed by atoms with Gasteiger partial charge in [0.1, 0.15) is 11.5 Å². The van der Waals surface area contributed by atoms with E-state index in [9.17, 15) is 35.4 Å². The summed E-state index contributed by atoms with van der Waals surface area (Å²) in [5, 5.41) is 74.5. The van der Waals surface area contributed by atoms with Crippen LogP contribution >= 0.6 is 0 Å². The van der Waals surface area contributed by atoms with Gasteiger partial charge in [0, 0.05) is 53.3 Å². The molecule has 0 unspecified atom stereocenters. The Morgan fingerprint density at radius 2 is 1.60 bits per heavy atom. The number of aliphatic hydroxyl groups excluding tert-OH is 2. The molecule has 2 bridgehead atoms. The number of phenolic OH excluding ortho intramolecular Hbond substituents is 2. The van der Waals surface area contributed by atoms with E-state index in [1.54, 1.807) is 6.07 Å². The third-order valence-electron chi connectivity index (χ3n) is 18.4. The van der Waals surface area contributed by atoms with Crippen molar-refractivity contribution >= 4 is 5.97 Å². The van der Waals surface area contributed by atoms with Crippen molar-refractivity contribution in [3.8, 4) is 33.9 Å². The van der Waals surface area contributed by atoms with Crippen molar-refractivity contribution in [3.63, 3.8) is 0 Å². The van der Waals surface area contributed by atoms with E-state index in [-0.39, 0.29) is 59.0 Å². The number of dihydropyridines is 1. The smallest absolute Gasteiger partial charge is 0.309 e. The third-order valence-corrected chi connectivity index (χ3v) is 18.4. The number of hydrogen-bond acceptors (Lipinski definition) is 8. The molecule has 4 aliphatic carbocycles. The Balaban J connectivity index is 1.09. The summed E-state index contributed by atoms with van der Waals surface area (Å²) in [7, 11) is 0. The number of nitrogens with one attached hydrogen (secondary N) is 2. The lowest BCUT2D eigenvalue weighted by molar-refractivity contribution is -0.158. The molecule has 3 aromatic carbocycles. The number of aromatic amines is 1. The predicted molar refractivity (Wildman–Crippen MR) is 291 cm³/mol. The van der Waals surface area contributed by atoms with Crippen molar-refractivity contribution in [3.05, 3.63) is 131 Å². The van der Waals surface area contributed by atoms with E-state index in [1.165, 1.54) is 30.9 Å². The fourth-order valence-electron chi connectivity index (χ4n) is 14.5. The Labute approximate surface area is 433 Å². The van der Waals surface area contributed by atoms with Gasteiger partial charge in [-0.25, -0.2) is 0 Å². The number of unbranched alkanes of at least 4 members (excludes halogenated alkanes) is 3. The molecular formula is C63H83N3O7. The second kappa shape index (κ2) is 23.1. The number of phenols is 2. The molecule has 5 aliphatic rings. The highest BCUT2D eigenvalue weighted by Crippen LogP contribution is 2.61. The van der Waals surface area contributed by atoms with Crippen LogP contribution in [0, 0.1) is 47.3 Å². The maximum atomic E-state index is 13.6. The summed E-state index contributed by atoms with van der Waals surface area (Å²) in [5.41, 5.74) is 13.5. The predicted octanol–water partition coefficient (Wildman–Crippen LogP) is 12.2. The van der Waals surface area contributed by atoms with Gasteiger partial charge < -0.3 is 46.7 Å². The minimum atomic E-state index is -1.17. The lowest BCUT2D eigenvalue weighted by Crippen LogP contribution is -2.52. The van der Waals surface area contributed by atoms with Crippen molar-refractivity contribution in [1.82, 2.24) is 10.3 Å². The van der Waals surface area contributed by atoms with Gasteiger partial charge in [0.25, 0.3) is 0 Å². The number of carbonyl (C=O) groups is 1. The normalized spacial score (nSPS) is 30.2. The number of aliphatic carboxylic acids is 1. The van der Waals surface area contributed by atoms with E-state index in [0.717, 1.165) is 78.6 Å². The molecule has 3 fully saturated rings. The number of rotatable bonds is 18. The lowest BCUT2D eigenvalue weighted by Gasteiger charge is -2.49. The lowest BCUT2D eigenvalue weighted by atomic mass is 9.60. The van der Waals surface area contributed by atoms with Gasteiger partial charge in [-0.1, -0.05) is 126 Å². The van der Waals surface area contributed by atoms with E-state index < -0.39 is 23.6 Å². The molecule has 392 valence electrons. The average Bonchev–Trinajstić information content (AvgIpc) is 3.93. The standard InChI is InChI=1S/C63H83N3O7/c1-4-5-7-12-39-19-22-44(56(68)31-39)15-10-11-16-45-23-25-49(54-33-47(29-41-27-28-65-58(64)32-41)53-26-24-46(37-63(53,54)73)61(70)59(45)62(71)72)55-36-50(43-13-8-6-9-14-43)60(66-55)52-34-48(67)35-57(69)51(52)30-40-17-20-42(21-18-40)38(2)3/h6,8-9,13-14,17-22,27,32,34-36,38-39,44-47,49,53-54,56,59,61,65-70,73H,4-5,7,10-12,15-16,23-26,28-31,33,37,64H2,1-3H3,(H,71,72)/t39-,44-,45+,46-,47-,49-,53-,54+,56-,59-,61+,63+/m1/s1. The maximum Gasteiger partial charge on any atom is 0.309 e. The molecule has 0 radical (unpaired) electrons. The number of carboxylic acid groups (broad SMARTS) is 1. The van der Waals surface area contributed by atoms with Crippen molar-refractivity contribution in [2.45, 2.75) is 160 Å². The van der Waals surface area contributed by atoms with Crippen LogP contribution < -0.4 is 11.1 Å². The average molecular weight is 994 g/mol. The number of nitrogens with two attached hydrogens (primary N) is 1. The molecule has 4 aromatic rings. The third kappa shape index (κ3) is 11.7. The molecule has 10 heteroatoms. The topological polar surface area (TPSA) is 192 Å². The fraction of sp³-hybridized carbons (Fsp3) is 0.540. The Hall–Kier alpha value is -5.29. The highest BCUT2D eigenvalue weighted by atomic mass is 16.4. The van der Waals surface area contributed by atoms with Gasteiger partial charge in [0.2, 0.25) is 0 Å².